The summed E-state index contributed by atoms with van der Waals surface area (Å²) >= 11 is 5.77. The predicted molar refractivity (Wildman–Crippen MR) is 77.7 cm³/mol. The minimum absolute atomic E-state index is 0.289. The highest BCUT2D eigenvalue weighted by atomic mass is 35.5. The Morgan fingerprint density at radius 3 is 2.95 bits per heavy atom. The van der Waals surface area contributed by atoms with Gasteiger partial charge in [0.05, 0.1) is 11.0 Å². The molecule has 3 nitrogen and oxygen atoms in total. The van der Waals surface area contributed by atoms with E-state index in [0.29, 0.717) is 30.4 Å². The standard InChI is InChI=1S/C13H16ClFN2OS/c1-2-19(18)8-7-17-12-9-10(15)3-4-11(12)16-13(17)5-6-14/h3-4,9H,2,5-8H2,1H3. The van der Waals surface area contributed by atoms with Crippen molar-refractivity contribution >= 4 is 33.4 Å². The molecule has 0 saturated heterocycles. The monoisotopic (exact) mass is 302 g/mol. The minimum Gasteiger partial charge on any atom is -0.327 e. The summed E-state index contributed by atoms with van der Waals surface area (Å²) in [5.74, 6) is 2.17. The molecule has 1 aromatic heterocycles. The summed E-state index contributed by atoms with van der Waals surface area (Å²) in [5.41, 5.74) is 1.50. The van der Waals surface area contributed by atoms with Crippen molar-refractivity contribution in [3.05, 3.63) is 29.8 Å². The maximum Gasteiger partial charge on any atom is 0.125 e. The van der Waals surface area contributed by atoms with E-state index in [2.05, 4.69) is 4.98 Å². The average molecular weight is 303 g/mol. The summed E-state index contributed by atoms with van der Waals surface area (Å²) < 4.78 is 26.8. The first-order valence-electron chi connectivity index (χ1n) is 6.21. The quantitative estimate of drug-likeness (QED) is 0.769. The Morgan fingerprint density at radius 1 is 1.47 bits per heavy atom. The lowest BCUT2D eigenvalue weighted by Crippen LogP contribution is -2.12. The zero-order valence-corrected chi connectivity index (χ0v) is 12.3. The van der Waals surface area contributed by atoms with Crippen molar-refractivity contribution in [2.24, 2.45) is 0 Å². The summed E-state index contributed by atoms with van der Waals surface area (Å²) in [4.78, 5) is 4.46. The van der Waals surface area contributed by atoms with Gasteiger partial charge in [-0.25, -0.2) is 9.37 Å². The molecule has 6 heteroatoms. The first kappa shape index (κ1) is 14.5. The number of imidazole rings is 1. The Kier molecular flexibility index (Phi) is 4.93. The Balaban J connectivity index is 2.38. The number of aromatic nitrogens is 2. The number of nitrogens with zero attached hydrogens (tertiary/aromatic N) is 2. The third-order valence-electron chi connectivity index (χ3n) is 2.97. The molecule has 2 rings (SSSR count). The van der Waals surface area contributed by atoms with Gasteiger partial charge in [0.15, 0.2) is 0 Å². The molecule has 0 N–H and O–H groups in total. The fraction of sp³-hybridized carbons (Fsp3) is 0.462. The van der Waals surface area contributed by atoms with Crippen LogP contribution in [0.5, 0.6) is 0 Å². The van der Waals surface area contributed by atoms with E-state index in [1.807, 2.05) is 11.5 Å². The van der Waals surface area contributed by atoms with Gasteiger partial charge in [-0.15, -0.1) is 11.6 Å². The topological polar surface area (TPSA) is 34.9 Å². The summed E-state index contributed by atoms with van der Waals surface area (Å²) in [6.07, 6.45) is 0.622. The molecule has 0 amide bonds. The van der Waals surface area contributed by atoms with Gasteiger partial charge in [-0.1, -0.05) is 6.92 Å². The van der Waals surface area contributed by atoms with Crippen LogP contribution in [0.2, 0.25) is 0 Å². The van der Waals surface area contributed by atoms with Gasteiger partial charge >= 0.3 is 0 Å². The maximum atomic E-state index is 13.3. The van der Waals surface area contributed by atoms with Crippen molar-refractivity contribution in [1.82, 2.24) is 9.55 Å². The molecule has 0 saturated carbocycles. The SMILES string of the molecule is CCS(=O)CCn1c(CCCl)nc2ccc(F)cc21. The average Bonchev–Trinajstić information content (AvgIpc) is 2.73. The Hall–Kier alpha value is -0.940. The van der Waals surface area contributed by atoms with E-state index < -0.39 is 10.8 Å². The Morgan fingerprint density at radius 2 is 2.26 bits per heavy atom. The molecule has 1 atom stereocenters. The van der Waals surface area contributed by atoms with Crippen LogP contribution in [-0.2, 0) is 23.8 Å². The zero-order valence-electron chi connectivity index (χ0n) is 10.7. The molecule has 0 fully saturated rings. The summed E-state index contributed by atoms with van der Waals surface area (Å²) in [7, 11) is -0.847. The molecule has 2 aromatic rings. The number of aryl methyl sites for hydroxylation is 2. The molecule has 0 spiro atoms. The first-order valence-corrected chi connectivity index (χ1v) is 8.23. The molecule has 0 aliphatic rings. The summed E-state index contributed by atoms with van der Waals surface area (Å²) in [6, 6.07) is 4.53. The van der Waals surface area contributed by atoms with Crippen LogP contribution in [0.1, 0.15) is 12.7 Å². The number of hydrogen-bond acceptors (Lipinski definition) is 2. The van der Waals surface area contributed by atoms with Crippen molar-refractivity contribution in [2.45, 2.75) is 19.9 Å². The summed E-state index contributed by atoms with van der Waals surface area (Å²) in [5, 5.41) is 0. The minimum atomic E-state index is -0.847. The van der Waals surface area contributed by atoms with Crippen LogP contribution in [-0.4, -0.2) is 31.1 Å². The number of fused-ring (bicyclic) bond motifs is 1. The van der Waals surface area contributed by atoms with Crippen molar-refractivity contribution in [3.63, 3.8) is 0 Å². The number of rotatable bonds is 6. The van der Waals surface area contributed by atoms with E-state index in [0.717, 1.165) is 16.9 Å². The van der Waals surface area contributed by atoms with Gasteiger partial charge in [-0.2, -0.15) is 0 Å². The largest absolute Gasteiger partial charge is 0.327 e. The fourth-order valence-electron chi connectivity index (χ4n) is 2.01. The van der Waals surface area contributed by atoms with Crippen molar-refractivity contribution < 1.29 is 8.60 Å². The molecule has 1 heterocycles. The van der Waals surface area contributed by atoms with Crippen LogP contribution in [0.25, 0.3) is 11.0 Å². The Bertz CT molecular complexity index is 600. The van der Waals surface area contributed by atoms with Crippen molar-refractivity contribution in [1.29, 1.82) is 0 Å². The highest BCUT2D eigenvalue weighted by Crippen LogP contribution is 2.18. The van der Waals surface area contributed by atoms with E-state index in [4.69, 9.17) is 11.6 Å². The number of halogens is 2. The molecule has 0 aliphatic carbocycles. The molecule has 0 radical (unpaired) electrons. The lowest BCUT2D eigenvalue weighted by Gasteiger charge is -2.07. The van der Waals surface area contributed by atoms with Crippen LogP contribution in [0.4, 0.5) is 4.39 Å². The van der Waals surface area contributed by atoms with Gasteiger partial charge < -0.3 is 4.57 Å². The smallest absolute Gasteiger partial charge is 0.125 e. The highest BCUT2D eigenvalue weighted by molar-refractivity contribution is 7.84. The van der Waals surface area contributed by atoms with Crippen LogP contribution < -0.4 is 0 Å². The number of benzene rings is 1. The van der Waals surface area contributed by atoms with Gasteiger partial charge in [0.2, 0.25) is 0 Å². The molecule has 19 heavy (non-hydrogen) atoms. The molecule has 1 aromatic carbocycles. The van der Waals surface area contributed by atoms with E-state index >= 15 is 0 Å². The predicted octanol–water partition coefficient (Wildman–Crippen LogP) is 2.73. The molecular formula is C13H16ClFN2OS. The molecule has 0 aliphatic heterocycles. The van der Waals surface area contributed by atoms with E-state index in [1.165, 1.54) is 12.1 Å². The van der Waals surface area contributed by atoms with Crippen molar-refractivity contribution in [3.8, 4) is 0 Å². The second-order valence-electron chi connectivity index (χ2n) is 4.18. The van der Waals surface area contributed by atoms with E-state index in [-0.39, 0.29) is 5.82 Å². The van der Waals surface area contributed by atoms with Gasteiger partial charge in [-0.3, -0.25) is 4.21 Å². The van der Waals surface area contributed by atoms with Crippen LogP contribution in [0.15, 0.2) is 18.2 Å². The molecule has 1 unspecified atom stereocenters. The molecule has 104 valence electrons. The Labute approximate surface area is 119 Å². The van der Waals surface area contributed by atoms with Crippen LogP contribution >= 0.6 is 11.6 Å². The van der Waals surface area contributed by atoms with E-state index in [9.17, 15) is 8.60 Å². The first-order chi connectivity index (χ1) is 9.15. The summed E-state index contributed by atoms with van der Waals surface area (Å²) in [6.45, 7) is 2.47. The van der Waals surface area contributed by atoms with Crippen molar-refractivity contribution in [2.75, 3.05) is 17.4 Å². The highest BCUT2D eigenvalue weighted by Gasteiger charge is 2.11. The number of alkyl halides is 1. The van der Waals surface area contributed by atoms with Crippen LogP contribution in [0, 0.1) is 5.82 Å². The zero-order chi connectivity index (χ0) is 13.8. The van der Waals surface area contributed by atoms with Crippen LogP contribution in [0.3, 0.4) is 0 Å². The van der Waals surface area contributed by atoms with Gasteiger partial charge in [0, 0.05) is 41.2 Å². The lowest BCUT2D eigenvalue weighted by atomic mass is 10.3. The molecule has 0 bridgehead atoms. The second kappa shape index (κ2) is 6.48. The van der Waals surface area contributed by atoms with Gasteiger partial charge in [0.25, 0.3) is 0 Å². The molecular weight excluding hydrogens is 287 g/mol. The number of hydrogen-bond donors (Lipinski definition) is 0. The van der Waals surface area contributed by atoms with Gasteiger partial charge in [0.1, 0.15) is 11.6 Å². The fourth-order valence-corrected chi connectivity index (χ4v) is 2.85. The second-order valence-corrected chi connectivity index (χ2v) is 6.43. The third-order valence-corrected chi connectivity index (χ3v) is 4.44. The maximum absolute atomic E-state index is 13.3. The van der Waals surface area contributed by atoms with E-state index in [1.54, 1.807) is 6.07 Å². The van der Waals surface area contributed by atoms with Gasteiger partial charge in [-0.05, 0) is 18.2 Å². The lowest BCUT2D eigenvalue weighted by molar-refractivity contribution is 0.627. The third kappa shape index (κ3) is 3.34. The normalized spacial score (nSPS) is 13.0.